The van der Waals surface area contributed by atoms with Crippen molar-refractivity contribution in [2.24, 2.45) is 4.99 Å². The zero-order valence-electron chi connectivity index (χ0n) is 13.8. The van der Waals surface area contributed by atoms with Crippen molar-refractivity contribution in [1.82, 2.24) is 10.6 Å². The molecule has 0 aliphatic carbocycles. The van der Waals surface area contributed by atoms with Gasteiger partial charge in [-0.1, -0.05) is 24.9 Å². The minimum Gasteiger partial charge on any atom is -0.493 e. The van der Waals surface area contributed by atoms with Crippen LogP contribution in [-0.2, 0) is 6.54 Å². The van der Waals surface area contributed by atoms with Gasteiger partial charge < -0.3 is 20.1 Å². The van der Waals surface area contributed by atoms with Gasteiger partial charge in [0.2, 0.25) is 0 Å². The van der Waals surface area contributed by atoms with Gasteiger partial charge in [0.25, 0.3) is 0 Å². The number of hydrogen-bond donors (Lipinski definition) is 2. The number of halogens is 1. The van der Waals surface area contributed by atoms with Gasteiger partial charge in [0.05, 0.1) is 18.7 Å². The number of ether oxygens (including phenoxy) is 2. The summed E-state index contributed by atoms with van der Waals surface area (Å²) in [7, 11) is 3.36. The molecule has 0 aliphatic heterocycles. The second-order valence-corrected chi connectivity index (χ2v) is 5.16. The Balaban J connectivity index is 2.71. The lowest BCUT2D eigenvalue weighted by Gasteiger charge is -2.15. The Morgan fingerprint density at radius 2 is 2.05 bits per heavy atom. The van der Waals surface area contributed by atoms with E-state index >= 15 is 0 Å². The summed E-state index contributed by atoms with van der Waals surface area (Å²) in [5.74, 6) is 2.00. The lowest BCUT2D eigenvalue weighted by Crippen LogP contribution is -2.37. The molecule has 6 heteroatoms. The Bertz CT molecular complexity index is 493. The Labute approximate surface area is 138 Å². The summed E-state index contributed by atoms with van der Waals surface area (Å²) < 4.78 is 10.9. The molecule has 0 radical (unpaired) electrons. The minimum atomic E-state index is 0.543. The summed E-state index contributed by atoms with van der Waals surface area (Å²) >= 11 is 6.27. The van der Waals surface area contributed by atoms with E-state index in [9.17, 15) is 0 Å². The van der Waals surface area contributed by atoms with Crippen LogP contribution in [-0.4, -0.2) is 33.3 Å². The molecule has 0 amide bonds. The number of unbranched alkanes of at least 4 members (excludes halogenated alkanes) is 1. The first kappa shape index (κ1) is 18.4. The molecule has 22 heavy (non-hydrogen) atoms. The molecule has 0 bridgehead atoms. The van der Waals surface area contributed by atoms with Crippen molar-refractivity contribution in [3.63, 3.8) is 0 Å². The van der Waals surface area contributed by atoms with E-state index in [1.165, 1.54) is 0 Å². The van der Waals surface area contributed by atoms with E-state index in [-0.39, 0.29) is 0 Å². The largest absolute Gasteiger partial charge is 0.493 e. The molecule has 0 aliphatic rings. The first-order chi connectivity index (χ1) is 10.7. The molecule has 2 N–H and O–H groups in total. The lowest BCUT2D eigenvalue weighted by atomic mass is 10.2. The van der Waals surface area contributed by atoms with Crippen molar-refractivity contribution in [2.75, 3.05) is 27.3 Å². The van der Waals surface area contributed by atoms with Crippen molar-refractivity contribution in [2.45, 2.75) is 33.2 Å². The van der Waals surface area contributed by atoms with Crippen molar-refractivity contribution in [1.29, 1.82) is 0 Å². The number of nitrogens with zero attached hydrogens (tertiary/aromatic N) is 1. The average Bonchev–Trinajstić information content (AvgIpc) is 2.52. The zero-order chi connectivity index (χ0) is 16.4. The maximum Gasteiger partial charge on any atom is 0.191 e. The predicted molar refractivity (Wildman–Crippen MR) is 92.3 cm³/mol. The lowest BCUT2D eigenvalue weighted by molar-refractivity contribution is 0.311. The molecule has 1 aromatic rings. The van der Waals surface area contributed by atoms with E-state index in [0.717, 1.165) is 30.9 Å². The third kappa shape index (κ3) is 5.64. The van der Waals surface area contributed by atoms with Gasteiger partial charge in [-0.15, -0.1) is 0 Å². The van der Waals surface area contributed by atoms with E-state index in [0.29, 0.717) is 29.7 Å². The van der Waals surface area contributed by atoms with Crippen LogP contribution in [0.3, 0.4) is 0 Å². The summed E-state index contributed by atoms with van der Waals surface area (Å²) in [6.45, 7) is 6.13. The van der Waals surface area contributed by atoms with Crippen LogP contribution in [0.1, 0.15) is 32.3 Å². The van der Waals surface area contributed by atoms with Crippen LogP contribution in [0.15, 0.2) is 17.1 Å². The summed E-state index contributed by atoms with van der Waals surface area (Å²) in [6, 6.07) is 3.80. The highest BCUT2D eigenvalue weighted by atomic mass is 35.5. The molecule has 0 aromatic heterocycles. The highest BCUT2D eigenvalue weighted by Gasteiger charge is 2.11. The van der Waals surface area contributed by atoms with Crippen LogP contribution >= 0.6 is 11.6 Å². The summed E-state index contributed by atoms with van der Waals surface area (Å²) in [5.41, 5.74) is 1.00. The van der Waals surface area contributed by atoms with Crippen LogP contribution < -0.4 is 20.1 Å². The zero-order valence-corrected chi connectivity index (χ0v) is 14.6. The highest BCUT2D eigenvalue weighted by molar-refractivity contribution is 6.32. The van der Waals surface area contributed by atoms with Crippen LogP contribution in [0.4, 0.5) is 0 Å². The number of nitrogens with one attached hydrogen (secondary N) is 2. The Kier molecular flexibility index (Phi) is 8.51. The van der Waals surface area contributed by atoms with Crippen LogP contribution in [0.25, 0.3) is 0 Å². The van der Waals surface area contributed by atoms with Gasteiger partial charge in [0.15, 0.2) is 17.5 Å². The van der Waals surface area contributed by atoms with E-state index in [1.807, 2.05) is 19.1 Å². The Morgan fingerprint density at radius 1 is 1.27 bits per heavy atom. The summed E-state index contributed by atoms with van der Waals surface area (Å²) in [4.78, 5) is 4.19. The smallest absolute Gasteiger partial charge is 0.191 e. The molecule has 5 nitrogen and oxygen atoms in total. The van der Waals surface area contributed by atoms with Crippen molar-refractivity contribution >= 4 is 17.6 Å². The normalized spacial score (nSPS) is 11.2. The number of methoxy groups -OCH3 is 1. The molecule has 1 aromatic carbocycles. The second kappa shape index (κ2) is 10.2. The minimum absolute atomic E-state index is 0.543. The number of aliphatic imine (C=N–C) groups is 1. The Morgan fingerprint density at radius 3 is 2.64 bits per heavy atom. The van der Waals surface area contributed by atoms with Crippen molar-refractivity contribution < 1.29 is 9.47 Å². The number of hydrogen-bond acceptors (Lipinski definition) is 3. The summed E-state index contributed by atoms with van der Waals surface area (Å²) in [5, 5.41) is 7.07. The first-order valence-electron chi connectivity index (χ1n) is 7.59. The fourth-order valence-corrected chi connectivity index (χ4v) is 2.24. The second-order valence-electron chi connectivity index (χ2n) is 4.75. The van der Waals surface area contributed by atoms with Crippen LogP contribution in [0, 0.1) is 0 Å². The van der Waals surface area contributed by atoms with Crippen molar-refractivity contribution in [3.05, 3.63) is 22.7 Å². The summed E-state index contributed by atoms with van der Waals surface area (Å²) in [6.07, 6.45) is 2.26. The highest BCUT2D eigenvalue weighted by Crippen LogP contribution is 2.36. The molecule has 0 heterocycles. The molecular formula is C16H26ClN3O2. The van der Waals surface area contributed by atoms with Gasteiger partial charge in [-0.2, -0.15) is 0 Å². The Hall–Kier alpha value is -1.62. The van der Waals surface area contributed by atoms with Gasteiger partial charge in [-0.3, -0.25) is 4.99 Å². The maximum absolute atomic E-state index is 6.27. The molecule has 0 spiro atoms. The monoisotopic (exact) mass is 327 g/mol. The molecule has 124 valence electrons. The van der Waals surface area contributed by atoms with E-state index in [2.05, 4.69) is 22.5 Å². The maximum atomic E-state index is 6.27. The number of rotatable bonds is 8. The third-order valence-corrected chi connectivity index (χ3v) is 3.36. The van der Waals surface area contributed by atoms with E-state index < -0.39 is 0 Å². The number of guanidine groups is 1. The average molecular weight is 328 g/mol. The SMILES string of the molecule is CCCCNC(=NC)NCc1cc(Cl)c(OCC)c(OC)c1. The topological polar surface area (TPSA) is 54.9 Å². The third-order valence-electron chi connectivity index (χ3n) is 3.08. The molecular weight excluding hydrogens is 302 g/mol. The molecule has 0 unspecified atom stereocenters. The quantitative estimate of drug-likeness (QED) is 0.437. The standard InChI is InChI=1S/C16H26ClN3O2/c1-5-7-8-19-16(18-3)20-11-12-9-13(17)15(22-6-2)14(10-12)21-4/h9-10H,5-8,11H2,1-4H3,(H2,18,19,20). The van der Waals surface area contributed by atoms with Gasteiger partial charge >= 0.3 is 0 Å². The van der Waals surface area contributed by atoms with Gasteiger partial charge in [0, 0.05) is 20.1 Å². The van der Waals surface area contributed by atoms with Gasteiger partial charge in [0.1, 0.15) is 0 Å². The van der Waals surface area contributed by atoms with Gasteiger partial charge in [-0.05, 0) is 31.0 Å². The fraction of sp³-hybridized carbons (Fsp3) is 0.562. The molecule has 0 saturated carbocycles. The molecule has 0 atom stereocenters. The van der Waals surface area contributed by atoms with E-state index in [1.54, 1.807) is 14.2 Å². The van der Waals surface area contributed by atoms with E-state index in [4.69, 9.17) is 21.1 Å². The van der Waals surface area contributed by atoms with Crippen molar-refractivity contribution in [3.8, 4) is 11.5 Å². The molecule has 0 fully saturated rings. The van der Waals surface area contributed by atoms with Crippen LogP contribution in [0.5, 0.6) is 11.5 Å². The van der Waals surface area contributed by atoms with Gasteiger partial charge in [-0.25, -0.2) is 0 Å². The predicted octanol–water partition coefficient (Wildman–Crippen LogP) is 3.21. The molecule has 1 rings (SSSR count). The first-order valence-corrected chi connectivity index (χ1v) is 7.97. The number of benzene rings is 1. The molecule has 0 saturated heterocycles. The van der Waals surface area contributed by atoms with Crippen LogP contribution in [0.2, 0.25) is 5.02 Å². The fourth-order valence-electron chi connectivity index (χ4n) is 1.95.